The van der Waals surface area contributed by atoms with Crippen LogP contribution in [0.4, 0.5) is 10.1 Å². The number of nitrogens with zero attached hydrogens (tertiary/aromatic N) is 1. The lowest BCUT2D eigenvalue weighted by Gasteiger charge is -2.09. The second kappa shape index (κ2) is 5.41. The second-order valence-electron chi connectivity index (χ2n) is 5.13. The van der Waals surface area contributed by atoms with Crippen molar-refractivity contribution in [3.05, 3.63) is 64.6 Å². The summed E-state index contributed by atoms with van der Waals surface area (Å²) in [6.45, 7) is 2.75. The molecule has 0 atom stereocenters. The van der Waals surface area contributed by atoms with Gasteiger partial charge in [0.15, 0.2) is 0 Å². The molecule has 0 spiro atoms. The molecule has 0 aliphatic rings. The van der Waals surface area contributed by atoms with Gasteiger partial charge in [0.25, 0.3) is 0 Å². The lowest BCUT2D eigenvalue weighted by atomic mass is 10.1. The number of aromatic nitrogens is 1. The van der Waals surface area contributed by atoms with Crippen molar-refractivity contribution in [2.45, 2.75) is 13.5 Å². The van der Waals surface area contributed by atoms with Crippen molar-refractivity contribution in [2.75, 3.05) is 5.32 Å². The van der Waals surface area contributed by atoms with Gasteiger partial charge in [-0.3, -0.25) is 0 Å². The number of aryl methyl sites for hydroxylation is 2. The van der Waals surface area contributed by atoms with Crippen LogP contribution in [0.1, 0.15) is 11.3 Å². The number of rotatable bonds is 3. The molecule has 2 nitrogen and oxygen atoms in total. The molecule has 0 saturated carbocycles. The molecule has 108 valence electrons. The SMILES string of the molecule is Cc1c(CNc2ccc(Cl)c(F)c2)n(C)c2ccccc12. The summed E-state index contributed by atoms with van der Waals surface area (Å²) in [5, 5.41) is 4.64. The molecular weight excluding hydrogens is 287 g/mol. The zero-order valence-corrected chi connectivity index (χ0v) is 12.7. The Morgan fingerprint density at radius 3 is 2.67 bits per heavy atom. The van der Waals surface area contributed by atoms with Crippen LogP contribution < -0.4 is 5.32 Å². The number of para-hydroxylation sites is 1. The summed E-state index contributed by atoms with van der Waals surface area (Å²) in [5.74, 6) is -0.407. The van der Waals surface area contributed by atoms with Gasteiger partial charge in [-0.2, -0.15) is 0 Å². The van der Waals surface area contributed by atoms with E-state index >= 15 is 0 Å². The summed E-state index contributed by atoms with van der Waals surface area (Å²) in [6.07, 6.45) is 0. The summed E-state index contributed by atoms with van der Waals surface area (Å²) in [4.78, 5) is 0. The van der Waals surface area contributed by atoms with E-state index in [0.29, 0.717) is 6.54 Å². The van der Waals surface area contributed by atoms with Gasteiger partial charge in [0.05, 0.1) is 11.6 Å². The van der Waals surface area contributed by atoms with Gasteiger partial charge in [0.1, 0.15) is 5.82 Å². The van der Waals surface area contributed by atoms with Gasteiger partial charge in [-0.25, -0.2) is 4.39 Å². The van der Waals surface area contributed by atoms with E-state index in [2.05, 4.69) is 36.0 Å². The lowest BCUT2D eigenvalue weighted by Crippen LogP contribution is -2.06. The maximum Gasteiger partial charge on any atom is 0.143 e. The van der Waals surface area contributed by atoms with Crippen LogP contribution >= 0.6 is 11.6 Å². The average molecular weight is 303 g/mol. The van der Waals surface area contributed by atoms with Crippen molar-refractivity contribution in [1.82, 2.24) is 4.57 Å². The van der Waals surface area contributed by atoms with Gasteiger partial charge in [0.2, 0.25) is 0 Å². The van der Waals surface area contributed by atoms with E-state index in [1.165, 1.54) is 28.2 Å². The molecule has 2 aromatic carbocycles. The van der Waals surface area contributed by atoms with Crippen molar-refractivity contribution in [1.29, 1.82) is 0 Å². The Kier molecular flexibility index (Phi) is 3.60. The van der Waals surface area contributed by atoms with Crippen LogP contribution in [0.3, 0.4) is 0 Å². The molecule has 1 aromatic heterocycles. The Labute approximate surface area is 128 Å². The first-order chi connectivity index (χ1) is 10.1. The maximum atomic E-state index is 13.5. The zero-order chi connectivity index (χ0) is 15.0. The third-order valence-electron chi connectivity index (χ3n) is 3.89. The minimum absolute atomic E-state index is 0.140. The highest BCUT2D eigenvalue weighted by molar-refractivity contribution is 6.30. The first-order valence-electron chi connectivity index (χ1n) is 6.79. The van der Waals surface area contributed by atoms with Crippen molar-refractivity contribution in [3.8, 4) is 0 Å². The molecule has 1 heterocycles. The first kappa shape index (κ1) is 14.0. The quantitative estimate of drug-likeness (QED) is 0.729. The number of fused-ring (bicyclic) bond motifs is 1. The fourth-order valence-electron chi connectivity index (χ4n) is 2.68. The molecule has 1 N–H and O–H groups in total. The Balaban J connectivity index is 1.90. The fourth-order valence-corrected chi connectivity index (χ4v) is 2.80. The molecule has 0 amide bonds. The Morgan fingerprint density at radius 1 is 1.19 bits per heavy atom. The van der Waals surface area contributed by atoms with Crippen molar-refractivity contribution in [2.24, 2.45) is 7.05 Å². The minimum Gasteiger partial charge on any atom is -0.379 e. The van der Waals surface area contributed by atoms with Crippen LogP contribution in [0.2, 0.25) is 5.02 Å². The number of anilines is 1. The molecule has 0 saturated heterocycles. The summed E-state index contributed by atoms with van der Waals surface area (Å²) < 4.78 is 15.6. The van der Waals surface area contributed by atoms with Crippen LogP contribution in [0.5, 0.6) is 0 Å². The Hall–Kier alpha value is -2.00. The van der Waals surface area contributed by atoms with Gasteiger partial charge in [-0.15, -0.1) is 0 Å². The van der Waals surface area contributed by atoms with E-state index in [0.717, 1.165) is 5.69 Å². The molecule has 3 rings (SSSR count). The number of nitrogens with one attached hydrogen (secondary N) is 1. The highest BCUT2D eigenvalue weighted by Gasteiger charge is 2.11. The van der Waals surface area contributed by atoms with Gasteiger partial charge < -0.3 is 9.88 Å². The number of hydrogen-bond donors (Lipinski definition) is 1. The predicted molar refractivity (Wildman–Crippen MR) is 86.4 cm³/mol. The molecule has 21 heavy (non-hydrogen) atoms. The maximum absolute atomic E-state index is 13.5. The highest BCUT2D eigenvalue weighted by atomic mass is 35.5. The summed E-state index contributed by atoms with van der Waals surface area (Å²) >= 11 is 5.69. The van der Waals surface area contributed by atoms with Crippen LogP contribution in [0.15, 0.2) is 42.5 Å². The minimum atomic E-state index is -0.407. The molecule has 0 aliphatic heterocycles. The predicted octanol–water partition coefficient (Wildman–Crippen LogP) is 4.89. The van der Waals surface area contributed by atoms with Gasteiger partial charge in [-0.05, 0) is 36.8 Å². The first-order valence-corrected chi connectivity index (χ1v) is 7.17. The van der Waals surface area contributed by atoms with Crippen LogP contribution in [0, 0.1) is 12.7 Å². The lowest BCUT2D eigenvalue weighted by molar-refractivity contribution is 0.628. The van der Waals surface area contributed by atoms with Crippen molar-refractivity contribution < 1.29 is 4.39 Å². The van der Waals surface area contributed by atoms with E-state index < -0.39 is 5.82 Å². The van der Waals surface area contributed by atoms with E-state index in [1.807, 2.05) is 12.1 Å². The molecular formula is C17H16ClFN2. The summed E-state index contributed by atoms with van der Waals surface area (Å²) in [7, 11) is 2.05. The number of benzene rings is 2. The largest absolute Gasteiger partial charge is 0.379 e. The third kappa shape index (κ3) is 2.49. The normalized spacial score (nSPS) is 11.0. The summed E-state index contributed by atoms with van der Waals surface area (Å²) in [6, 6.07) is 13.1. The van der Waals surface area contributed by atoms with Gasteiger partial charge in [-0.1, -0.05) is 29.8 Å². The topological polar surface area (TPSA) is 17.0 Å². The molecule has 0 unspecified atom stereocenters. The highest BCUT2D eigenvalue weighted by Crippen LogP contribution is 2.25. The monoisotopic (exact) mass is 302 g/mol. The second-order valence-corrected chi connectivity index (χ2v) is 5.54. The molecule has 0 radical (unpaired) electrons. The smallest absolute Gasteiger partial charge is 0.143 e. The van der Waals surface area contributed by atoms with Gasteiger partial charge >= 0.3 is 0 Å². The molecule has 4 heteroatoms. The Morgan fingerprint density at radius 2 is 1.95 bits per heavy atom. The zero-order valence-electron chi connectivity index (χ0n) is 12.0. The average Bonchev–Trinajstić information content (AvgIpc) is 2.73. The third-order valence-corrected chi connectivity index (χ3v) is 4.19. The van der Waals surface area contributed by atoms with E-state index in [9.17, 15) is 4.39 Å². The van der Waals surface area contributed by atoms with Crippen molar-refractivity contribution in [3.63, 3.8) is 0 Å². The molecule has 0 aliphatic carbocycles. The van der Waals surface area contributed by atoms with Crippen LogP contribution in [0.25, 0.3) is 10.9 Å². The molecule has 3 aromatic rings. The van der Waals surface area contributed by atoms with E-state index in [4.69, 9.17) is 11.6 Å². The number of halogens is 2. The molecule has 0 bridgehead atoms. The molecule has 0 fully saturated rings. The van der Waals surface area contributed by atoms with E-state index in [-0.39, 0.29) is 5.02 Å². The fraction of sp³-hybridized carbons (Fsp3) is 0.176. The van der Waals surface area contributed by atoms with Crippen LogP contribution in [-0.4, -0.2) is 4.57 Å². The Bertz CT molecular complexity index is 769. The van der Waals surface area contributed by atoms with Crippen LogP contribution in [-0.2, 0) is 13.6 Å². The van der Waals surface area contributed by atoms with E-state index in [1.54, 1.807) is 12.1 Å². The standard InChI is InChI=1S/C17H16ClFN2/c1-11-13-5-3-4-6-16(13)21(2)17(11)10-20-12-7-8-14(18)15(19)9-12/h3-9,20H,10H2,1-2H3. The van der Waals surface area contributed by atoms with Crippen molar-refractivity contribution >= 4 is 28.2 Å². The van der Waals surface area contributed by atoms with Gasteiger partial charge in [0, 0.05) is 29.3 Å². The number of hydrogen-bond acceptors (Lipinski definition) is 1. The summed E-state index contributed by atoms with van der Waals surface area (Å²) in [5.41, 5.74) is 4.36.